The third-order valence-corrected chi connectivity index (χ3v) is 6.14. The lowest BCUT2D eigenvalue weighted by Gasteiger charge is -2.14. The van der Waals surface area contributed by atoms with E-state index in [4.69, 9.17) is 14.6 Å². The van der Waals surface area contributed by atoms with Crippen LogP contribution in [0.15, 0.2) is 48.5 Å². The Labute approximate surface area is 202 Å². The third-order valence-electron chi connectivity index (χ3n) is 6.14. The zero-order chi connectivity index (χ0) is 24.8. The molecule has 10 heteroatoms. The lowest BCUT2D eigenvalue weighted by atomic mass is 9.98. The van der Waals surface area contributed by atoms with Gasteiger partial charge in [-0.2, -0.15) is 0 Å². The summed E-state index contributed by atoms with van der Waals surface area (Å²) in [6.45, 7) is -0.198. The highest BCUT2D eigenvalue weighted by atomic mass is 16.5. The van der Waals surface area contributed by atoms with Gasteiger partial charge < -0.3 is 30.5 Å². The fourth-order valence-electron chi connectivity index (χ4n) is 4.35. The van der Waals surface area contributed by atoms with Crippen molar-refractivity contribution in [2.24, 2.45) is 5.92 Å². The molecule has 35 heavy (non-hydrogen) atoms. The predicted molar refractivity (Wildman–Crippen MR) is 125 cm³/mol. The summed E-state index contributed by atoms with van der Waals surface area (Å²) in [5.74, 6) is -2.56. The SMILES string of the molecule is O=C(CNC(=O)CNC(=O)OCC1c2ccccc2-c2ccccc21)NC[C@@H]1C[C@H](C(=O)O)CO1. The highest BCUT2D eigenvalue weighted by molar-refractivity contribution is 5.87. The van der Waals surface area contributed by atoms with Crippen LogP contribution in [0.25, 0.3) is 11.1 Å². The molecular weight excluding hydrogens is 454 g/mol. The van der Waals surface area contributed by atoms with Crippen molar-refractivity contribution < 1.29 is 33.8 Å². The molecule has 4 N–H and O–H groups in total. The van der Waals surface area contributed by atoms with Crippen LogP contribution in [-0.2, 0) is 23.9 Å². The van der Waals surface area contributed by atoms with Crippen LogP contribution in [0.4, 0.5) is 4.79 Å². The van der Waals surface area contributed by atoms with E-state index in [1.807, 2.05) is 48.5 Å². The highest BCUT2D eigenvalue weighted by Crippen LogP contribution is 2.44. The van der Waals surface area contributed by atoms with Gasteiger partial charge in [-0.1, -0.05) is 48.5 Å². The maximum absolute atomic E-state index is 12.1. The first-order valence-electron chi connectivity index (χ1n) is 11.4. The van der Waals surface area contributed by atoms with E-state index in [1.54, 1.807) is 0 Å². The van der Waals surface area contributed by atoms with Crippen molar-refractivity contribution in [1.29, 1.82) is 0 Å². The number of rotatable bonds is 9. The Kier molecular flexibility index (Phi) is 7.61. The van der Waals surface area contributed by atoms with Crippen LogP contribution in [0, 0.1) is 5.92 Å². The summed E-state index contributed by atoms with van der Waals surface area (Å²) in [5, 5.41) is 16.3. The number of amides is 3. The summed E-state index contributed by atoms with van der Waals surface area (Å²) in [5.41, 5.74) is 4.42. The number of nitrogens with one attached hydrogen (secondary N) is 3. The number of carboxylic acids is 1. The lowest BCUT2D eigenvalue weighted by molar-refractivity contribution is -0.141. The van der Waals surface area contributed by atoms with Crippen molar-refractivity contribution in [3.05, 3.63) is 59.7 Å². The summed E-state index contributed by atoms with van der Waals surface area (Å²) in [6.07, 6.45) is -0.768. The summed E-state index contributed by atoms with van der Waals surface area (Å²) >= 11 is 0. The molecule has 4 rings (SSSR count). The number of carbonyl (C=O) groups excluding carboxylic acids is 3. The molecule has 184 valence electrons. The lowest BCUT2D eigenvalue weighted by Crippen LogP contribution is -2.43. The second-order valence-electron chi connectivity index (χ2n) is 8.49. The number of carboxylic acid groups (broad SMARTS) is 1. The average molecular weight is 482 g/mol. The van der Waals surface area contributed by atoms with Gasteiger partial charge in [-0.3, -0.25) is 14.4 Å². The number of alkyl carbamates (subject to hydrolysis) is 1. The van der Waals surface area contributed by atoms with Gasteiger partial charge in [0.25, 0.3) is 0 Å². The van der Waals surface area contributed by atoms with Gasteiger partial charge in [0.1, 0.15) is 13.2 Å². The van der Waals surface area contributed by atoms with E-state index >= 15 is 0 Å². The molecule has 1 fully saturated rings. The van der Waals surface area contributed by atoms with Crippen molar-refractivity contribution in [3.8, 4) is 11.1 Å². The number of aliphatic carboxylic acids is 1. The van der Waals surface area contributed by atoms with Crippen LogP contribution in [-0.4, -0.2) is 67.9 Å². The Bertz CT molecular complexity index is 1070. The van der Waals surface area contributed by atoms with E-state index in [0.717, 1.165) is 22.3 Å². The van der Waals surface area contributed by atoms with Crippen molar-refractivity contribution in [1.82, 2.24) is 16.0 Å². The van der Waals surface area contributed by atoms with Crippen LogP contribution in [0.5, 0.6) is 0 Å². The molecule has 0 bridgehead atoms. The Morgan fingerprint density at radius 2 is 1.49 bits per heavy atom. The van der Waals surface area contributed by atoms with Gasteiger partial charge in [0.15, 0.2) is 0 Å². The van der Waals surface area contributed by atoms with Gasteiger partial charge in [-0.15, -0.1) is 0 Å². The molecule has 2 aromatic carbocycles. The Hall–Kier alpha value is -3.92. The third kappa shape index (κ3) is 5.96. The summed E-state index contributed by atoms with van der Waals surface area (Å²) in [6, 6.07) is 16.0. The molecule has 1 heterocycles. The maximum atomic E-state index is 12.1. The summed E-state index contributed by atoms with van der Waals surface area (Å²) in [7, 11) is 0. The molecule has 2 aromatic rings. The minimum atomic E-state index is -0.921. The quantitative estimate of drug-likeness (QED) is 0.422. The molecule has 10 nitrogen and oxygen atoms in total. The zero-order valence-electron chi connectivity index (χ0n) is 19.0. The highest BCUT2D eigenvalue weighted by Gasteiger charge is 2.31. The van der Waals surface area contributed by atoms with E-state index in [2.05, 4.69) is 16.0 Å². The molecule has 0 aromatic heterocycles. The van der Waals surface area contributed by atoms with Crippen LogP contribution in [0.2, 0.25) is 0 Å². The van der Waals surface area contributed by atoms with Crippen molar-refractivity contribution >= 4 is 23.9 Å². The Morgan fingerprint density at radius 1 is 0.886 bits per heavy atom. The number of carbonyl (C=O) groups is 4. The van der Waals surface area contributed by atoms with E-state index in [9.17, 15) is 19.2 Å². The van der Waals surface area contributed by atoms with Crippen LogP contribution in [0.3, 0.4) is 0 Å². The first kappa shape index (κ1) is 24.2. The minimum absolute atomic E-state index is 0.0831. The molecule has 0 spiro atoms. The number of hydrogen-bond acceptors (Lipinski definition) is 6. The normalized spacial score (nSPS) is 18.3. The molecule has 1 aliphatic heterocycles. The second-order valence-corrected chi connectivity index (χ2v) is 8.49. The van der Waals surface area contributed by atoms with Crippen molar-refractivity contribution in [2.45, 2.75) is 18.4 Å². The summed E-state index contributed by atoms with van der Waals surface area (Å²) in [4.78, 5) is 46.9. The topological polar surface area (TPSA) is 143 Å². The number of fused-ring (bicyclic) bond motifs is 3. The van der Waals surface area contributed by atoms with Gasteiger partial charge >= 0.3 is 12.1 Å². The number of benzene rings is 2. The van der Waals surface area contributed by atoms with E-state index < -0.39 is 29.8 Å². The van der Waals surface area contributed by atoms with Crippen molar-refractivity contribution in [3.63, 3.8) is 0 Å². The van der Waals surface area contributed by atoms with Crippen LogP contribution >= 0.6 is 0 Å². The van der Waals surface area contributed by atoms with Gasteiger partial charge in [0.2, 0.25) is 11.8 Å². The zero-order valence-corrected chi connectivity index (χ0v) is 19.0. The Morgan fingerprint density at radius 3 is 2.11 bits per heavy atom. The predicted octanol–water partition coefficient (Wildman–Crippen LogP) is 1.25. The smallest absolute Gasteiger partial charge is 0.407 e. The van der Waals surface area contributed by atoms with Crippen molar-refractivity contribution in [2.75, 3.05) is 32.8 Å². The maximum Gasteiger partial charge on any atom is 0.407 e. The second kappa shape index (κ2) is 11.0. The standard InChI is InChI=1S/C25H27N3O7/c29-22(26-10-16-9-15(13-34-16)24(31)32)11-27-23(30)12-28-25(33)35-14-21-19-7-3-1-5-17(19)18-6-2-4-8-20(18)21/h1-8,15-16,21H,9-14H2,(H,26,29)(H,27,30)(H,28,33)(H,31,32)/t15-,16-/m0/s1. The van der Waals surface area contributed by atoms with Gasteiger partial charge in [-0.05, 0) is 28.7 Å². The average Bonchev–Trinajstić information content (AvgIpc) is 3.47. The van der Waals surface area contributed by atoms with E-state index in [-0.39, 0.29) is 44.9 Å². The fourth-order valence-corrected chi connectivity index (χ4v) is 4.35. The van der Waals surface area contributed by atoms with E-state index in [0.29, 0.717) is 6.42 Å². The molecule has 1 aliphatic carbocycles. The monoisotopic (exact) mass is 481 g/mol. The molecule has 0 saturated carbocycles. The molecular formula is C25H27N3O7. The van der Waals surface area contributed by atoms with Crippen LogP contribution in [0.1, 0.15) is 23.5 Å². The number of hydrogen-bond donors (Lipinski definition) is 4. The van der Waals surface area contributed by atoms with Gasteiger partial charge in [0, 0.05) is 12.5 Å². The van der Waals surface area contributed by atoms with E-state index in [1.165, 1.54) is 0 Å². The molecule has 0 unspecified atom stereocenters. The summed E-state index contributed by atoms with van der Waals surface area (Å²) < 4.78 is 10.7. The Balaban J connectivity index is 1.14. The molecule has 2 aliphatic rings. The minimum Gasteiger partial charge on any atom is -0.481 e. The molecule has 3 amide bonds. The largest absolute Gasteiger partial charge is 0.481 e. The molecule has 1 saturated heterocycles. The number of ether oxygens (including phenoxy) is 2. The van der Waals surface area contributed by atoms with Gasteiger partial charge in [0.05, 0.1) is 25.2 Å². The van der Waals surface area contributed by atoms with Crippen LogP contribution < -0.4 is 16.0 Å². The first-order valence-corrected chi connectivity index (χ1v) is 11.4. The molecule has 2 atom stereocenters. The first-order chi connectivity index (χ1) is 16.9. The van der Waals surface area contributed by atoms with Gasteiger partial charge in [-0.25, -0.2) is 4.79 Å². The molecule has 0 radical (unpaired) electrons. The fraction of sp³-hybridized carbons (Fsp3) is 0.360.